The molecule has 0 atom stereocenters. The number of hydrogen-bond acceptors (Lipinski definition) is 3. The summed E-state index contributed by atoms with van der Waals surface area (Å²) in [5.74, 6) is -1.79. The number of halogens is 4. The molecule has 0 aromatic heterocycles. The first-order valence-corrected chi connectivity index (χ1v) is 8.90. The van der Waals surface area contributed by atoms with Gasteiger partial charge in [0.25, 0.3) is 11.8 Å². The zero-order chi connectivity index (χ0) is 18.3. The van der Waals surface area contributed by atoms with Crippen LogP contribution in [0, 0.1) is 16.3 Å². The highest BCUT2D eigenvalue weighted by molar-refractivity contribution is 14.1. The van der Waals surface area contributed by atoms with Gasteiger partial charge >= 0.3 is 0 Å². The number of nitrogens with zero attached hydrogens (tertiary/aromatic N) is 1. The molecule has 2 aromatic carbocycles. The van der Waals surface area contributed by atoms with Crippen molar-refractivity contribution < 1.29 is 14.0 Å². The van der Waals surface area contributed by atoms with Crippen LogP contribution in [-0.2, 0) is 9.59 Å². The van der Waals surface area contributed by atoms with Crippen LogP contribution in [0.5, 0.6) is 0 Å². The second-order valence-corrected chi connectivity index (χ2v) is 7.35. The van der Waals surface area contributed by atoms with E-state index in [0.717, 1.165) is 20.1 Å². The zero-order valence-electron chi connectivity index (χ0n) is 12.7. The number of anilines is 2. The highest BCUT2D eigenvalue weighted by atomic mass is 127. The summed E-state index contributed by atoms with van der Waals surface area (Å²) in [7, 11) is 0. The summed E-state index contributed by atoms with van der Waals surface area (Å²) in [6.07, 6.45) is 0. The topological polar surface area (TPSA) is 49.4 Å². The highest BCUT2D eigenvalue weighted by Gasteiger charge is 2.39. The summed E-state index contributed by atoms with van der Waals surface area (Å²) in [6.45, 7) is 1.80. The van der Waals surface area contributed by atoms with Crippen molar-refractivity contribution in [1.29, 1.82) is 0 Å². The van der Waals surface area contributed by atoms with Crippen LogP contribution in [0.25, 0.3) is 0 Å². The molecule has 0 unspecified atom stereocenters. The van der Waals surface area contributed by atoms with Gasteiger partial charge in [0.2, 0.25) is 0 Å². The van der Waals surface area contributed by atoms with E-state index in [-0.39, 0.29) is 15.8 Å². The molecule has 0 bridgehead atoms. The standard InChI is InChI=1S/C17H10Cl2FIN2O2/c1-8-6-9(21)2-5-13(8)23-16(24)14(19)15(17(23)25)22-10-3-4-12(20)11(18)7-10/h2-7,22H,1H3. The molecule has 0 aliphatic carbocycles. The molecular weight excluding hydrogens is 481 g/mol. The molecule has 8 heteroatoms. The van der Waals surface area contributed by atoms with Gasteiger partial charge in [-0.2, -0.15) is 0 Å². The van der Waals surface area contributed by atoms with Crippen LogP contribution >= 0.6 is 45.8 Å². The van der Waals surface area contributed by atoms with Gasteiger partial charge in [0.1, 0.15) is 16.5 Å². The molecule has 0 spiro atoms. The van der Waals surface area contributed by atoms with E-state index >= 15 is 0 Å². The van der Waals surface area contributed by atoms with Gasteiger partial charge in [-0.25, -0.2) is 9.29 Å². The number of carbonyl (C=O) groups is 2. The first-order chi connectivity index (χ1) is 11.8. The molecular formula is C17H10Cl2FIN2O2. The van der Waals surface area contributed by atoms with E-state index in [1.165, 1.54) is 12.1 Å². The predicted molar refractivity (Wildman–Crippen MR) is 104 cm³/mol. The average Bonchev–Trinajstić information content (AvgIpc) is 2.75. The zero-order valence-corrected chi connectivity index (χ0v) is 16.4. The molecule has 1 aliphatic rings. The number of nitrogens with one attached hydrogen (secondary N) is 1. The Bertz CT molecular complexity index is 946. The molecule has 0 saturated heterocycles. The Balaban J connectivity index is 1.95. The molecule has 4 nitrogen and oxygen atoms in total. The Hall–Kier alpha value is -1.64. The third kappa shape index (κ3) is 3.38. The van der Waals surface area contributed by atoms with E-state index in [9.17, 15) is 14.0 Å². The van der Waals surface area contributed by atoms with Crippen molar-refractivity contribution in [1.82, 2.24) is 0 Å². The smallest absolute Gasteiger partial charge is 0.283 e. The van der Waals surface area contributed by atoms with Crippen molar-refractivity contribution >= 4 is 69.0 Å². The summed E-state index contributed by atoms with van der Waals surface area (Å²) in [5.41, 5.74) is 1.50. The fourth-order valence-corrected chi connectivity index (χ4v) is 3.46. The van der Waals surface area contributed by atoms with E-state index < -0.39 is 17.6 Å². The lowest BCUT2D eigenvalue weighted by Crippen LogP contribution is -2.32. The van der Waals surface area contributed by atoms with Gasteiger partial charge in [-0.15, -0.1) is 0 Å². The Kier molecular flexibility index (Phi) is 5.04. The van der Waals surface area contributed by atoms with Crippen molar-refractivity contribution in [3.63, 3.8) is 0 Å². The summed E-state index contributed by atoms with van der Waals surface area (Å²) in [4.78, 5) is 26.2. The number of carbonyl (C=O) groups excluding carboxylic acids is 2. The summed E-state index contributed by atoms with van der Waals surface area (Å²) in [5, 5.41) is 2.41. The van der Waals surface area contributed by atoms with Crippen LogP contribution in [0.15, 0.2) is 47.1 Å². The van der Waals surface area contributed by atoms with Gasteiger partial charge in [-0.3, -0.25) is 9.59 Å². The Morgan fingerprint density at radius 3 is 2.44 bits per heavy atom. The molecule has 1 N–H and O–H groups in total. The molecule has 1 heterocycles. The number of benzene rings is 2. The van der Waals surface area contributed by atoms with E-state index in [1.54, 1.807) is 19.1 Å². The Labute approximate surface area is 166 Å². The van der Waals surface area contributed by atoms with Crippen molar-refractivity contribution in [3.8, 4) is 0 Å². The molecule has 2 amide bonds. The van der Waals surface area contributed by atoms with Crippen LogP contribution in [0.3, 0.4) is 0 Å². The van der Waals surface area contributed by atoms with Gasteiger partial charge in [0.05, 0.1) is 10.7 Å². The summed E-state index contributed by atoms with van der Waals surface area (Å²) >= 11 is 13.9. The van der Waals surface area contributed by atoms with Crippen molar-refractivity contribution in [2.45, 2.75) is 6.92 Å². The van der Waals surface area contributed by atoms with Crippen LogP contribution in [-0.4, -0.2) is 11.8 Å². The molecule has 3 rings (SSSR count). The van der Waals surface area contributed by atoms with Gasteiger partial charge < -0.3 is 5.32 Å². The molecule has 25 heavy (non-hydrogen) atoms. The largest absolute Gasteiger partial charge is 0.350 e. The normalized spacial score (nSPS) is 14.5. The first kappa shape index (κ1) is 18.2. The number of rotatable bonds is 3. The van der Waals surface area contributed by atoms with E-state index in [4.69, 9.17) is 23.2 Å². The van der Waals surface area contributed by atoms with Crippen molar-refractivity contribution in [2.24, 2.45) is 0 Å². The molecule has 0 saturated carbocycles. The monoisotopic (exact) mass is 490 g/mol. The maximum atomic E-state index is 13.3. The van der Waals surface area contributed by atoms with Crippen LogP contribution in [0.2, 0.25) is 5.02 Å². The van der Waals surface area contributed by atoms with Gasteiger partial charge in [-0.1, -0.05) is 23.2 Å². The fraction of sp³-hybridized carbons (Fsp3) is 0.0588. The number of aryl methyl sites for hydroxylation is 1. The summed E-state index contributed by atoms with van der Waals surface area (Å²) < 4.78 is 14.2. The molecule has 128 valence electrons. The molecule has 0 radical (unpaired) electrons. The lowest BCUT2D eigenvalue weighted by Gasteiger charge is -2.17. The lowest BCUT2D eigenvalue weighted by molar-refractivity contribution is -0.120. The molecule has 0 fully saturated rings. The minimum atomic E-state index is -0.619. The molecule has 2 aromatic rings. The Morgan fingerprint density at radius 1 is 1.08 bits per heavy atom. The van der Waals surface area contributed by atoms with Crippen molar-refractivity contribution in [3.05, 3.63) is 67.1 Å². The fourth-order valence-electron chi connectivity index (χ4n) is 2.42. The quantitative estimate of drug-likeness (QED) is 0.495. The number of imide groups is 1. The van der Waals surface area contributed by atoms with E-state index in [0.29, 0.717) is 11.4 Å². The maximum Gasteiger partial charge on any atom is 0.283 e. The van der Waals surface area contributed by atoms with Gasteiger partial charge in [-0.05, 0) is 71.5 Å². The third-order valence-corrected chi connectivity index (χ3v) is 4.93. The van der Waals surface area contributed by atoms with Crippen molar-refractivity contribution in [2.75, 3.05) is 10.2 Å². The van der Waals surface area contributed by atoms with Gasteiger partial charge in [0, 0.05) is 9.26 Å². The second kappa shape index (κ2) is 6.93. The van der Waals surface area contributed by atoms with Crippen LogP contribution in [0.4, 0.5) is 15.8 Å². The summed E-state index contributed by atoms with van der Waals surface area (Å²) in [6, 6.07) is 9.20. The second-order valence-electron chi connectivity index (χ2n) is 5.32. The highest BCUT2D eigenvalue weighted by Crippen LogP contribution is 2.33. The molecule has 1 aliphatic heterocycles. The number of amides is 2. The Morgan fingerprint density at radius 2 is 1.80 bits per heavy atom. The maximum absolute atomic E-state index is 13.3. The van der Waals surface area contributed by atoms with E-state index in [2.05, 4.69) is 27.9 Å². The van der Waals surface area contributed by atoms with Gasteiger partial charge in [0.15, 0.2) is 0 Å². The minimum Gasteiger partial charge on any atom is -0.350 e. The number of hydrogen-bond donors (Lipinski definition) is 1. The lowest BCUT2D eigenvalue weighted by atomic mass is 10.2. The third-order valence-electron chi connectivity index (χ3n) is 3.62. The predicted octanol–water partition coefficient (Wildman–Crippen LogP) is 4.83. The average molecular weight is 491 g/mol. The van der Waals surface area contributed by atoms with Crippen LogP contribution in [0.1, 0.15) is 5.56 Å². The van der Waals surface area contributed by atoms with Crippen LogP contribution < -0.4 is 10.2 Å². The SMILES string of the molecule is Cc1cc(I)ccc1N1C(=O)C(Cl)=C(Nc2ccc(F)c(Cl)c2)C1=O. The van der Waals surface area contributed by atoms with E-state index in [1.807, 2.05) is 6.07 Å². The first-order valence-electron chi connectivity index (χ1n) is 7.06. The minimum absolute atomic E-state index is 0.0766.